The number of rotatable bonds is 4. The van der Waals surface area contributed by atoms with Crippen molar-refractivity contribution in [3.63, 3.8) is 0 Å². The second-order valence-electron chi connectivity index (χ2n) is 7.53. The number of aryl methyl sites for hydroxylation is 1. The number of carbonyl (C=O) groups excluding carboxylic acids is 1. The number of aromatic nitrogens is 2. The second kappa shape index (κ2) is 6.71. The molecule has 138 valence electrons. The van der Waals surface area contributed by atoms with Gasteiger partial charge in [-0.15, -0.1) is 0 Å². The molecule has 1 aliphatic heterocycles. The fourth-order valence-corrected chi connectivity index (χ4v) is 4.48. The lowest BCUT2D eigenvalue weighted by molar-refractivity contribution is -0.0708. The van der Waals surface area contributed by atoms with Crippen molar-refractivity contribution in [1.29, 1.82) is 0 Å². The molecular formula is C20H24ClN3O2. The molecule has 2 heterocycles. The number of amides is 1. The van der Waals surface area contributed by atoms with Crippen molar-refractivity contribution in [3.05, 3.63) is 40.7 Å². The third-order valence-electron chi connectivity index (χ3n) is 5.63. The van der Waals surface area contributed by atoms with Crippen LogP contribution in [0.1, 0.15) is 42.4 Å². The Morgan fingerprint density at radius 1 is 1.46 bits per heavy atom. The molecule has 2 aromatic rings. The summed E-state index contributed by atoms with van der Waals surface area (Å²) < 4.78 is 5.69. The van der Waals surface area contributed by atoms with Gasteiger partial charge in [0.05, 0.1) is 6.10 Å². The molecule has 1 N–H and O–H groups in total. The zero-order valence-corrected chi connectivity index (χ0v) is 16.0. The summed E-state index contributed by atoms with van der Waals surface area (Å²) in [5.41, 5.74) is 2.45. The number of carbonyl (C=O) groups is 1. The first-order valence-electron chi connectivity index (χ1n) is 9.23. The minimum absolute atomic E-state index is 0.0174. The molecule has 2 aliphatic rings. The van der Waals surface area contributed by atoms with E-state index in [0.29, 0.717) is 22.6 Å². The van der Waals surface area contributed by atoms with E-state index < -0.39 is 0 Å². The number of ether oxygens (including phenoxy) is 1. The van der Waals surface area contributed by atoms with E-state index in [4.69, 9.17) is 16.3 Å². The monoisotopic (exact) mass is 373 g/mol. The van der Waals surface area contributed by atoms with Gasteiger partial charge in [-0.25, -0.2) is 4.98 Å². The van der Waals surface area contributed by atoms with Crippen LogP contribution in [0.2, 0.25) is 5.02 Å². The molecule has 1 saturated carbocycles. The summed E-state index contributed by atoms with van der Waals surface area (Å²) in [6.07, 6.45) is 3.57. The van der Waals surface area contributed by atoms with Crippen LogP contribution in [0.25, 0.3) is 11.4 Å². The van der Waals surface area contributed by atoms with E-state index in [1.54, 1.807) is 0 Å². The maximum absolute atomic E-state index is 13.0. The van der Waals surface area contributed by atoms with E-state index in [1.165, 1.54) is 0 Å². The third-order valence-corrected chi connectivity index (χ3v) is 5.87. The highest BCUT2D eigenvalue weighted by Crippen LogP contribution is 2.49. The van der Waals surface area contributed by atoms with Crippen LogP contribution in [0.3, 0.4) is 0 Å². The maximum atomic E-state index is 13.0. The normalized spacial score (nSPS) is 24.9. The van der Waals surface area contributed by atoms with Gasteiger partial charge in [0.15, 0.2) is 0 Å². The van der Waals surface area contributed by atoms with Crippen molar-refractivity contribution in [3.8, 4) is 11.4 Å². The lowest BCUT2D eigenvalue weighted by Crippen LogP contribution is -2.45. The lowest BCUT2D eigenvalue weighted by atomic mass is 9.66. The quantitative estimate of drug-likeness (QED) is 0.878. The van der Waals surface area contributed by atoms with E-state index in [2.05, 4.69) is 9.97 Å². The molecular weight excluding hydrogens is 350 g/mol. The number of nitrogens with one attached hydrogen (secondary N) is 1. The number of hydrogen-bond acceptors (Lipinski definition) is 3. The maximum Gasteiger partial charge on any atom is 0.274 e. The van der Waals surface area contributed by atoms with E-state index in [0.717, 1.165) is 50.2 Å². The molecule has 1 aliphatic carbocycles. The van der Waals surface area contributed by atoms with Gasteiger partial charge in [0, 0.05) is 36.0 Å². The average Bonchev–Trinajstić information content (AvgIpc) is 3.19. The van der Waals surface area contributed by atoms with Gasteiger partial charge < -0.3 is 14.6 Å². The van der Waals surface area contributed by atoms with Crippen molar-refractivity contribution in [2.45, 2.75) is 39.2 Å². The number of likely N-dealkylation sites (tertiary alicyclic amines) is 1. The van der Waals surface area contributed by atoms with Crippen LogP contribution in [-0.2, 0) is 4.74 Å². The number of aromatic amines is 1. The number of hydrogen-bond donors (Lipinski definition) is 1. The summed E-state index contributed by atoms with van der Waals surface area (Å²) in [4.78, 5) is 22.8. The standard InChI is InChI=1S/C20H24ClN3O2/c1-3-26-16-10-20(11-16)7-8-24(12-20)19(25)17-13(2)22-18(23-17)14-5-4-6-15(21)9-14/h4-6,9,16H,3,7-8,10-12H2,1-2H3,(H,22,23). The Hall–Kier alpha value is -1.85. The van der Waals surface area contributed by atoms with E-state index in [9.17, 15) is 4.79 Å². The van der Waals surface area contributed by atoms with Crippen LogP contribution in [0, 0.1) is 12.3 Å². The summed E-state index contributed by atoms with van der Waals surface area (Å²) in [6, 6.07) is 7.49. The molecule has 1 saturated heterocycles. The van der Waals surface area contributed by atoms with Crippen LogP contribution in [0.15, 0.2) is 24.3 Å². The number of imidazole rings is 1. The molecule has 1 aromatic carbocycles. The first-order chi connectivity index (χ1) is 12.5. The van der Waals surface area contributed by atoms with E-state index in [1.807, 2.05) is 43.0 Å². The van der Waals surface area contributed by atoms with Crippen molar-refractivity contribution in [2.75, 3.05) is 19.7 Å². The Morgan fingerprint density at radius 2 is 2.27 bits per heavy atom. The highest BCUT2D eigenvalue weighted by molar-refractivity contribution is 6.30. The molecule has 0 atom stereocenters. The van der Waals surface area contributed by atoms with Crippen molar-refractivity contribution in [2.24, 2.45) is 5.41 Å². The van der Waals surface area contributed by atoms with Gasteiger partial charge in [0.2, 0.25) is 0 Å². The Labute approximate surface area is 158 Å². The molecule has 5 nitrogen and oxygen atoms in total. The van der Waals surface area contributed by atoms with Crippen LogP contribution in [-0.4, -0.2) is 46.6 Å². The van der Waals surface area contributed by atoms with Crippen LogP contribution < -0.4 is 0 Å². The number of benzene rings is 1. The first kappa shape index (κ1) is 17.6. The van der Waals surface area contributed by atoms with Gasteiger partial charge in [-0.3, -0.25) is 4.79 Å². The molecule has 2 fully saturated rings. The van der Waals surface area contributed by atoms with Gasteiger partial charge in [0.25, 0.3) is 5.91 Å². The number of nitrogens with zero attached hydrogens (tertiary/aromatic N) is 2. The van der Waals surface area contributed by atoms with E-state index in [-0.39, 0.29) is 11.3 Å². The average molecular weight is 374 g/mol. The van der Waals surface area contributed by atoms with Crippen LogP contribution in [0.5, 0.6) is 0 Å². The summed E-state index contributed by atoms with van der Waals surface area (Å²) >= 11 is 6.07. The molecule has 6 heteroatoms. The van der Waals surface area contributed by atoms with Gasteiger partial charge in [0.1, 0.15) is 11.5 Å². The molecule has 1 amide bonds. The molecule has 1 spiro atoms. The molecule has 26 heavy (non-hydrogen) atoms. The molecule has 1 aromatic heterocycles. The van der Waals surface area contributed by atoms with Crippen molar-refractivity contribution < 1.29 is 9.53 Å². The summed E-state index contributed by atoms with van der Waals surface area (Å²) in [6.45, 7) is 6.31. The van der Waals surface area contributed by atoms with Gasteiger partial charge in [-0.2, -0.15) is 0 Å². The fraction of sp³-hybridized carbons (Fsp3) is 0.500. The summed E-state index contributed by atoms with van der Waals surface area (Å²) in [7, 11) is 0. The van der Waals surface area contributed by atoms with Gasteiger partial charge in [-0.05, 0) is 50.7 Å². The zero-order valence-electron chi connectivity index (χ0n) is 15.2. The highest BCUT2D eigenvalue weighted by atomic mass is 35.5. The minimum atomic E-state index is 0.0174. The third kappa shape index (κ3) is 3.14. The Bertz CT molecular complexity index is 826. The predicted molar refractivity (Wildman–Crippen MR) is 101 cm³/mol. The molecule has 0 bridgehead atoms. The van der Waals surface area contributed by atoms with Gasteiger partial charge >= 0.3 is 0 Å². The van der Waals surface area contributed by atoms with Crippen LogP contribution in [0.4, 0.5) is 0 Å². The molecule has 4 rings (SSSR count). The Morgan fingerprint density at radius 3 is 3.00 bits per heavy atom. The Kier molecular flexibility index (Phi) is 4.53. The number of halogens is 1. The number of H-pyrrole nitrogens is 1. The van der Waals surface area contributed by atoms with Crippen molar-refractivity contribution >= 4 is 17.5 Å². The fourth-order valence-electron chi connectivity index (χ4n) is 4.29. The van der Waals surface area contributed by atoms with Gasteiger partial charge in [-0.1, -0.05) is 23.7 Å². The minimum Gasteiger partial charge on any atom is -0.378 e. The Balaban J connectivity index is 1.48. The second-order valence-corrected chi connectivity index (χ2v) is 7.97. The lowest BCUT2D eigenvalue weighted by Gasteiger charge is -2.44. The smallest absolute Gasteiger partial charge is 0.274 e. The SMILES string of the molecule is CCOC1CC2(CCN(C(=O)c3nc(-c4cccc(Cl)c4)[nH]c3C)C2)C1. The van der Waals surface area contributed by atoms with E-state index >= 15 is 0 Å². The predicted octanol–water partition coefficient (Wildman–Crippen LogP) is 4.07. The first-order valence-corrected chi connectivity index (χ1v) is 9.61. The summed E-state index contributed by atoms with van der Waals surface area (Å²) in [5.74, 6) is 0.700. The largest absolute Gasteiger partial charge is 0.378 e. The van der Waals surface area contributed by atoms with Crippen LogP contribution >= 0.6 is 11.6 Å². The molecule has 0 radical (unpaired) electrons. The van der Waals surface area contributed by atoms with Crippen molar-refractivity contribution in [1.82, 2.24) is 14.9 Å². The highest BCUT2D eigenvalue weighted by Gasteiger charge is 2.50. The summed E-state index contributed by atoms with van der Waals surface area (Å²) in [5, 5.41) is 0.653. The molecule has 0 unspecified atom stereocenters. The topological polar surface area (TPSA) is 58.2 Å². The zero-order chi connectivity index (χ0) is 18.3.